The summed E-state index contributed by atoms with van der Waals surface area (Å²) in [6.07, 6.45) is 3.67. The lowest BCUT2D eigenvalue weighted by Gasteiger charge is -2.31. The van der Waals surface area contributed by atoms with Crippen LogP contribution in [-0.4, -0.2) is 89.2 Å². The van der Waals surface area contributed by atoms with Crippen molar-refractivity contribution in [3.05, 3.63) is 0 Å². The first-order valence-electron chi connectivity index (χ1n) is 9.08. The second kappa shape index (κ2) is 12.5. The second-order valence-electron chi connectivity index (χ2n) is 6.97. The van der Waals surface area contributed by atoms with Crippen molar-refractivity contribution in [2.75, 3.05) is 66.1 Å². The van der Waals surface area contributed by atoms with Crippen molar-refractivity contribution >= 4 is 8.32 Å². The van der Waals surface area contributed by atoms with Crippen molar-refractivity contribution in [2.45, 2.75) is 46.7 Å². The van der Waals surface area contributed by atoms with E-state index in [-0.39, 0.29) is 0 Å². The minimum Gasteiger partial charge on any atom is -0.416 e. The molecular weight excluding hydrogens is 290 g/mol. The van der Waals surface area contributed by atoms with Crippen LogP contribution in [0.1, 0.15) is 33.6 Å². The Balaban J connectivity index is 4.29. The van der Waals surface area contributed by atoms with Gasteiger partial charge in [-0.15, -0.1) is 0 Å². The van der Waals surface area contributed by atoms with Gasteiger partial charge in [0.15, 0.2) is 8.32 Å². The van der Waals surface area contributed by atoms with Gasteiger partial charge in [0, 0.05) is 12.8 Å². The van der Waals surface area contributed by atoms with Gasteiger partial charge in [0.25, 0.3) is 0 Å². The molecule has 5 heteroatoms. The predicted molar refractivity (Wildman–Crippen MR) is 101 cm³/mol. The van der Waals surface area contributed by atoms with Crippen molar-refractivity contribution in [1.29, 1.82) is 0 Å². The third-order valence-corrected chi connectivity index (χ3v) is 6.53. The molecule has 0 N–H and O–H groups in total. The molecule has 0 aromatic heterocycles. The number of rotatable bonds is 14. The van der Waals surface area contributed by atoms with Crippen molar-refractivity contribution < 1.29 is 4.43 Å². The molecular formula is C17H41N3OSi. The van der Waals surface area contributed by atoms with Crippen molar-refractivity contribution in [1.82, 2.24) is 14.7 Å². The maximum absolute atomic E-state index is 6.03. The average Bonchev–Trinajstić information content (AvgIpc) is 2.45. The van der Waals surface area contributed by atoms with E-state index in [1.54, 1.807) is 0 Å². The number of hydrogen-bond donors (Lipinski definition) is 0. The van der Waals surface area contributed by atoms with Crippen LogP contribution in [-0.2, 0) is 4.43 Å². The Morgan fingerprint density at radius 3 is 1.59 bits per heavy atom. The Kier molecular flexibility index (Phi) is 12.5. The molecule has 4 nitrogen and oxygen atoms in total. The molecule has 0 aromatic carbocycles. The van der Waals surface area contributed by atoms with E-state index in [4.69, 9.17) is 4.43 Å². The van der Waals surface area contributed by atoms with Crippen LogP contribution in [0.3, 0.4) is 0 Å². The molecule has 0 radical (unpaired) electrons. The monoisotopic (exact) mass is 331 g/mol. The van der Waals surface area contributed by atoms with E-state index in [2.05, 4.69) is 62.7 Å². The van der Waals surface area contributed by atoms with Gasteiger partial charge in [-0.3, -0.25) is 0 Å². The summed E-state index contributed by atoms with van der Waals surface area (Å²) in [4.78, 5) is 7.44. The van der Waals surface area contributed by atoms with Gasteiger partial charge in [0.2, 0.25) is 0 Å². The van der Waals surface area contributed by atoms with Crippen LogP contribution in [0.5, 0.6) is 0 Å². The summed E-state index contributed by atoms with van der Waals surface area (Å²) in [6.45, 7) is 19.2. The molecule has 0 aliphatic carbocycles. The van der Waals surface area contributed by atoms with Crippen LogP contribution in [0.2, 0.25) is 13.1 Å². The molecule has 0 spiro atoms. The zero-order valence-corrected chi connectivity index (χ0v) is 17.3. The highest BCUT2D eigenvalue weighted by Crippen LogP contribution is 2.09. The zero-order chi connectivity index (χ0) is 17.0. The maximum Gasteiger partial charge on any atom is 0.200 e. The third kappa shape index (κ3) is 11.6. The molecule has 0 bridgehead atoms. The normalized spacial score (nSPS) is 12.8. The summed E-state index contributed by atoms with van der Waals surface area (Å²) in [5.41, 5.74) is 0. The largest absolute Gasteiger partial charge is 0.416 e. The van der Waals surface area contributed by atoms with Gasteiger partial charge in [-0.1, -0.05) is 13.8 Å². The van der Waals surface area contributed by atoms with Gasteiger partial charge in [0.1, 0.15) is 0 Å². The fourth-order valence-electron chi connectivity index (χ4n) is 2.69. The second-order valence-corrected chi connectivity index (χ2v) is 11.1. The predicted octanol–water partition coefficient (Wildman–Crippen LogP) is 2.75. The lowest BCUT2D eigenvalue weighted by Crippen LogP contribution is -2.46. The summed E-state index contributed by atoms with van der Waals surface area (Å²) >= 11 is 0. The summed E-state index contributed by atoms with van der Waals surface area (Å²) in [7, 11) is 2.88. The Hall–Kier alpha value is 0.0569. The first-order valence-corrected chi connectivity index (χ1v) is 12.2. The molecule has 0 aliphatic rings. The minimum absolute atomic E-state index is 0.851. The Labute approximate surface area is 140 Å². The molecule has 22 heavy (non-hydrogen) atoms. The first-order chi connectivity index (χ1) is 10.3. The van der Waals surface area contributed by atoms with Crippen LogP contribution in [0.15, 0.2) is 0 Å². The molecule has 0 fully saturated rings. The van der Waals surface area contributed by atoms with Crippen LogP contribution in [0.4, 0.5) is 0 Å². The molecule has 134 valence electrons. The molecule has 0 aromatic rings. The summed E-state index contributed by atoms with van der Waals surface area (Å²) in [6, 6.07) is 0. The van der Waals surface area contributed by atoms with Gasteiger partial charge < -0.3 is 19.1 Å². The highest BCUT2D eigenvalue weighted by molar-refractivity contribution is 6.71. The molecule has 0 aliphatic heterocycles. The SMILES string of the molecule is CCO[Si](C)(C)CN(CCCN(C)CC)CCCN(C)CC. The van der Waals surface area contributed by atoms with Gasteiger partial charge in [-0.05, 0) is 86.2 Å². The van der Waals surface area contributed by atoms with Crippen LogP contribution >= 0.6 is 0 Å². The summed E-state index contributed by atoms with van der Waals surface area (Å²) in [5.74, 6) is 0. The van der Waals surface area contributed by atoms with Gasteiger partial charge in [0.05, 0.1) is 0 Å². The highest BCUT2D eigenvalue weighted by Gasteiger charge is 2.25. The van der Waals surface area contributed by atoms with Crippen molar-refractivity contribution in [3.8, 4) is 0 Å². The van der Waals surface area contributed by atoms with Crippen LogP contribution in [0, 0.1) is 0 Å². The molecule has 0 rings (SSSR count). The standard InChI is InChI=1S/C17H41N3OSi/c1-8-18(4)13-11-15-20(16-12-14-19(5)9-2)17-22(6,7)21-10-3/h8-17H2,1-7H3. The van der Waals surface area contributed by atoms with Gasteiger partial charge >= 0.3 is 0 Å². The van der Waals surface area contributed by atoms with E-state index >= 15 is 0 Å². The third-order valence-electron chi connectivity index (χ3n) is 4.25. The molecule has 0 unspecified atom stereocenters. The Morgan fingerprint density at radius 1 is 0.773 bits per heavy atom. The van der Waals surface area contributed by atoms with E-state index in [0.29, 0.717) is 0 Å². The summed E-state index contributed by atoms with van der Waals surface area (Å²) < 4.78 is 6.03. The van der Waals surface area contributed by atoms with E-state index in [9.17, 15) is 0 Å². The fourth-order valence-corrected chi connectivity index (χ4v) is 4.96. The van der Waals surface area contributed by atoms with E-state index in [1.165, 1.54) is 39.0 Å². The van der Waals surface area contributed by atoms with E-state index < -0.39 is 8.32 Å². The van der Waals surface area contributed by atoms with Gasteiger partial charge in [-0.2, -0.15) is 0 Å². The number of hydrogen-bond acceptors (Lipinski definition) is 4. The topological polar surface area (TPSA) is 19.0 Å². The highest BCUT2D eigenvalue weighted by atomic mass is 28.4. The maximum atomic E-state index is 6.03. The summed E-state index contributed by atoms with van der Waals surface area (Å²) in [5, 5.41) is 0. The van der Waals surface area contributed by atoms with Crippen LogP contribution in [0.25, 0.3) is 0 Å². The fraction of sp³-hybridized carbons (Fsp3) is 1.00. The molecule has 0 saturated heterocycles. The minimum atomic E-state index is -1.54. The van der Waals surface area contributed by atoms with E-state index in [0.717, 1.165) is 25.9 Å². The lowest BCUT2D eigenvalue weighted by molar-refractivity contribution is 0.235. The quantitative estimate of drug-likeness (QED) is 0.456. The molecule has 0 atom stereocenters. The lowest BCUT2D eigenvalue weighted by atomic mass is 10.3. The Bertz CT molecular complexity index is 248. The Morgan fingerprint density at radius 2 is 1.23 bits per heavy atom. The molecule has 0 saturated carbocycles. The van der Waals surface area contributed by atoms with Crippen molar-refractivity contribution in [2.24, 2.45) is 0 Å². The van der Waals surface area contributed by atoms with E-state index in [1.807, 2.05) is 0 Å². The average molecular weight is 332 g/mol. The number of nitrogens with zero attached hydrogens (tertiary/aromatic N) is 3. The van der Waals surface area contributed by atoms with Crippen molar-refractivity contribution in [3.63, 3.8) is 0 Å². The smallest absolute Gasteiger partial charge is 0.200 e. The first kappa shape index (κ1) is 22.1. The van der Waals surface area contributed by atoms with Crippen LogP contribution < -0.4 is 0 Å². The van der Waals surface area contributed by atoms with Gasteiger partial charge in [-0.25, -0.2) is 0 Å². The zero-order valence-electron chi connectivity index (χ0n) is 16.3. The molecule has 0 amide bonds. The molecule has 0 heterocycles.